The highest BCUT2D eigenvalue weighted by atomic mass is 16.5. The predicted octanol–water partition coefficient (Wildman–Crippen LogP) is 0.629. The fourth-order valence-corrected chi connectivity index (χ4v) is 2.62. The number of aromatic nitrogens is 5. The SMILES string of the molecule is COc1c(C(=O)Cc2cnoc2)nc(N(C)Cc2cncnc2)n(C)c1=O. The number of Topliss-reactive ketones (excluding diaryl/α,β-unsaturated/α-hetero) is 1. The lowest BCUT2D eigenvalue weighted by atomic mass is 10.1. The van der Waals surface area contributed by atoms with Crippen LogP contribution in [0.4, 0.5) is 5.95 Å². The molecule has 0 radical (unpaired) electrons. The van der Waals surface area contributed by atoms with Crippen LogP contribution in [0.2, 0.25) is 0 Å². The highest BCUT2D eigenvalue weighted by Gasteiger charge is 2.23. The molecule has 0 aromatic carbocycles. The Labute approximate surface area is 154 Å². The first-order valence-electron chi connectivity index (χ1n) is 8.02. The molecule has 0 aliphatic carbocycles. The molecule has 3 aromatic rings. The molecule has 0 spiro atoms. The fourth-order valence-electron chi connectivity index (χ4n) is 2.62. The van der Waals surface area contributed by atoms with Gasteiger partial charge < -0.3 is 14.2 Å². The van der Waals surface area contributed by atoms with Gasteiger partial charge in [0.2, 0.25) is 11.7 Å². The number of ketones is 1. The Kier molecular flexibility index (Phi) is 5.25. The van der Waals surface area contributed by atoms with Crippen molar-refractivity contribution in [2.24, 2.45) is 7.05 Å². The lowest BCUT2D eigenvalue weighted by Crippen LogP contribution is -2.31. The van der Waals surface area contributed by atoms with Crippen molar-refractivity contribution in [1.29, 1.82) is 0 Å². The first-order valence-corrected chi connectivity index (χ1v) is 8.02. The first-order chi connectivity index (χ1) is 13.0. The average Bonchev–Trinajstić information content (AvgIpc) is 3.17. The van der Waals surface area contributed by atoms with E-state index in [4.69, 9.17) is 9.26 Å². The normalized spacial score (nSPS) is 10.6. The van der Waals surface area contributed by atoms with Crippen LogP contribution in [-0.4, -0.2) is 44.6 Å². The zero-order chi connectivity index (χ0) is 19.4. The van der Waals surface area contributed by atoms with E-state index >= 15 is 0 Å². The van der Waals surface area contributed by atoms with Gasteiger partial charge in [-0.2, -0.15) is 0 Å². The maximum Gasteiger partial charge on any atom is 0.297 e. The van der Waals surface area contributed by atoms with Crippen molar-refractivity contribution in [2.45, 2.75) is 13.0 Å². The molecular weight excluding hydrogens is 352 g/mol. The Morgan fingerprint density at radius 3 is 2.63 bits per heavy atom. The van der Waals surface area contributed by atoms with Gasteiger partial charge in [0.15, 0.2) is 11.5 Å². The molecule has 0 amide bonds. The number of nitrogens with zero attached hydrogens (tertiary/aromatic N) is 6. The van der Waals surface area contributed by atoms with E-state index in [-0.39, 0.29) is 23.6 Å². The van der Waals surface area contributed by atoms with E-state index < -0.39 is 5.56 Å². The van der Waals surface area contributed by atoms with Gasteiger partial charge in [-0.3, -0.25) is 14.2 Å². The van der Waals surface area contributed by atoms with E-state index in [9.17, 15) is 9.59 Å². The standard InChI is InChI=1S/C17H18N6O4/c1-22(8-12-5-18-10-19-6-12)17-21-14(15(26-3)16(25)23(17)2)13(24)4-11-7-20-27-9-11/h5-7,9-10H,4,8H2,1-3H3. The summed E-state index contributed by atoms with van der Waals surface area (Å²) in [6.07, 6.45) is 7.58. The summed E-state index contributed by atoms with van der Waals surface area (Å²) in [5, 5.41) is 3.57. The summed E-state index contributed by atoms with van der Waals surface area (Å²) in [7, 11) is 4.66. The molecule has 0 aliphatic rings. The van der Waals surface area contributed by atoms with Crippen molar-refractivity contribution in [3.05, 3.63) is 58.4 Å². The Morgan fingerprint density at radius 1 is 1.26 bits per heavy atom. The molecule has 3 heterocycles. The second-order valence-corrected chi connectivity index (χ2v) is 5.89. The number of carbonyl (C=O) groups is 1. The van der Waals surface area contributed by atoms with Crippen LogP contribution in [0.5, 0.6) is 5.75 Å². The fraction of sp³-hybridized carbons (Fsp3) is 0.294. The smallest absolute Gasteiger partial charge is 0.297 e. The van der Waals surface area contributed by atoms with Crippen molar-refractivity contribution in [3.63, 3.8) is 0 Å². The molecule has 10 heteroatoms. The Balaban J connectivity index is 1.98. The number of ether oxygens (including phenoxy) is 1. The first kappa shape index (κ1) is 18.2. The second-order valence-electron chi connectivity index (χ2n) is 5.89. The van der Waals surface area contributed by atoms with Gasteiger partial charge in [-0.1, -0.05) is 5.16 Å². The third-order valence-corrected chi connectivity index (χ3v) is 3.92. The van der Waals surface area contributed by atoms with Gasteiger partial charge in [-0.25, -0.2) is 15.0 Å². The molecule has 0 bridgehead atoms. The number of anilines is 1. The van der Waals surface area contributed by atoms with E-state index in [0.29, 0.717) is 18.1 Å². The molecule has 0 atom stereocenters. The van der Waals surface area contributed by atoms with Crippen LogP contribution in [0.1, 0.15) is 21.6 Å². The summed E-state index contributed by atoms with van der Waals surface area (Å²) in [4.78, 5) is 39.4. The minimum absolute atomic E-state index is 0.00426. The highest BCUT2D eigenvalue weighted by Crippen LogP contribution is 2.19. The molecule has 0 N–H and O–H groups in total. The van der Waals surface area contributed by atoms with E-state index in [2.05, 4.69) is 20.1 Å². The van der Waals surface area contributed by atoms with Crippen molar-refractivity contribution in [2.75, 3.05) is 19.1 Å². The Morgan fingerprint density at radius 2 is 2.00 bits per heavy atom. The number of hydrogen-bond donors (Lipinski definition) is 0. The molecule has 0 unspecified atom stereocenters. The Bertz CT molecular complexity index is 985. The van der Waals surface area contributed by atoms with E-state index in [0.717, 1.165) is 5.56 Å². The van der Waals surface area contributed by atoms with Crippen LogP contribution in [0.3, 0.4) is 0 Å². The van der Waals surface area contributed by atoms with Crippen molar-refractivity contribution in [1.82, 2.24) is 24.7 Å². The summed E-state index contributed by atoms with van der Waals surface area (Å²) in [6, 6.07) is 0. The summed E-state index contributed by atoms with van der Waals surface area (Å²) < 4.78 is 11.2. The molecule has 0 saturated carbocycles. The van der Waals surface area contributed by atoms with Gasteiger partial charge in [-0.15, -0.1) is 0 Å². The maximum atomic E-state index is 12.7. The molecular formula is C17H18N6O4. The average molecular weight is 370 g/mol. The number of rotatable bonds is 7. The molecule has 3 rings (SSSR count). The van der Waals surface area contributed by atoms with Crippen LogP contribution in [0.15, 0.2) is 40.5 Å². The van der Waals surface area contributed by atoms with Crippen LogP contribution in [-0.2, 0) is 20.0 Å². The summed E-state index contributed by atoms with van der Waals surface area (Å²) >= 11 is 0. The van der Waals surface area contributed by atoms with Gasteiger partial charge >= 0.3 is 0 Å². The topological polar surface area (TPSA) is 116 Å². The molecule has 3 aromatic heterocycles. The van der Waals surface area contributed by atoms with Crippen molar-refractivity contribution in [3.8, 4) is 5.75 Å². The lowest BCUT2D eigenvalue weighted by molar-refractivity contribution is 0.0984. The molecule has 0 fully saturated rings. The summed E-state index contributed by atoms with van der Waals surface area (Å²) in [6.45, 7) is 0.409. The monoisotopic (exact) mass is 370 g/mol. The quantitative estimate of drug-likeness (QED) is 0.552. The van der Waals surface area contributed by atoms with Gasteiger partial charge in [0.1, 0.15) is 12.6 Å². The van der Waals surface area contributed by atoms with Gasteiger partial charge in [0, 0.05) is 50.6 Å². The van der Waals surface area contributed by atoms with Crippen LogP contribution < -0.4 is 15.2 Å². The van der Waals surface area contributed by atoms with Crippen molar-refractivity contribution >= 4 is 11.7 Å². The van der Waals surface area contributed by atoms with E-state index in [1.165, 1.54) is 30.5 Å². The minimum Gasteiger partial charge on any atom is -0.489 e. The van der Waals surface area contributed by atoms with Crippen LogP contribution in [0.25, 0.3) is 0 Å². The number of carbonyl (C=O) groups excluding carboxylic acids is 1. The van der Waals surface area contributed by atoms with E-state index in [1.54, 1.807) is 31.4 Å². The zero-order valence-electron chi connectivity index (χ0n) is 15.1. The number of methoxy groups -OCH3 is 1. The molecule has 27 heavy (non-hydrogen) atoms. The number of hydrogen-bond acceptors (Lipinski definition) is 9. The lowest BCUT2D eigenvalue weighted by Gasteiger charge is -2.21. The molecule has 0 aliphatic heterocycles. The Hall–Kier alpha value is -3.56. The molecule has 10 nitrogen and oxygen atoms in total. The third-order valence-electron chi connectivity index (χ3n) is 3.92. The molecule has 140 valence electrons. The zero-order valence-corrected chi connectivity index (χ0v) is 15.1. The third kappa shape index (κ3) is 3.84. The minimum atomic E-state index is -0.452. The van der Waals surface area contributed by atoms with Gasteiger partial charge in [-0.05, 0) is 0 Å². The maximum absolute atomic E-state index is 12.7. The van der Waals surface area contributed by atoms with Crippen LogP contribution >= 0.6 is 0 Å². The van der Waals surface area contributed by atoms with Gasteiger partial charge in [0.05, 0.1) is 13.3 Å². The summed E-state index contributed by atoms with van der Waals surface area (Å²) in [5.74, 6) is -0.150. The highest BCUT2D eigenvalue weighted by molar-refractivity contribution is 5.98. The summed E-state index contributed by atoms with van der Waals surface area (Å²) in [5.41, 5.74) is 0.934. The predicted molar refractivity (Wildman–Crippen MR) is 94.7 cm³/mol. The second kappa shape index (κ2) is 7.77. The largest absolute Gasteiger partial charge is 0.489 e. The van der Waals surface area contributed by atoms with Crippen LogP contribution in [0, 0.1) is 0 Å². The van der Waals surface area contributed by atoms with Crippen molar-refractivity contribution < 1.29 is 14.1 Å². The molecule has 0 saturated heterocycles. The van der Waals surface area contributed by atoms with E-state index in [1.807, 2.05) is 0 Å². The van der Waals surface area contributed by atoms with Gasteiger partial charge in [0.25, 0.3) is 5.56 Å².